The lowest BCUT2D eigenvalue weighted by molar-refractivity contribution is -0.116. The average Bonchev–Trinajstić information content (AvgIpc) is 2.71. The van der Waals surface area contributed by atoms with Crippen LogP contribution in [0.2, 0.25) is 5.02 Å². The van der Waals surface area contributed by atoms with Gasteiger partial charge in [-0.2, -0.15) is 4.31 Å². The zero-order chi connectivity index (χ0) is 21.7. The Bertz CT molecular complexity index is 1130. The molecule has 8 heteroatoms. The number of carbonyl (C=O) groups excluding carboxylic acids is 1. The second-order valence-corrected chi connectivity index (χ2v) is 10.0. The van der Waals surface area contributed by atoms with Gasteiger partial charge in [0.1, 0.15) is 0 Å². The lowest BCUT2D eigenvalue weighted by Gasteiger charge is -2.22. The summed E-state index contributed by atoms with van der Waals surface area (Å²) >= 11 is 9.47. The molecule has 0 aliphatic rings. The lowest BCUT2D eigenvalue weighted by Crippen LogP contribution is -2.37. The Morgan fingerprint density at radius 2 is 1.63 bits per heavy atom. The molecule has 0 spiro atoms. The number of nitrogens with one attached hydrogen (secondary N) is 1. The van der Waals surface area contributed by atoms with Gasteiger partial charge in [-0.1, -0.05) is 69.5 Å². The van der Waals surface area contributed by atoms with Gasteiger partial charge in [0, 0.05) is 11.0 Å². The fraction of sp³-hybridized carbons (Fsp3) is 0.136. The summed E-state index contributed by atoms with van der Waals surface area (Å²) in [6.07, 6.45) is 0. The molecule has 5 nitrogen and oxygen atoms in total. The summed E-state index contributed by atoms with van der Waals surface area (Å²) in [7, 11) is -3.90. The number of benzene rings is 3. The molecular formula is C22H20BrClN2O3S. The van der Waals surface area contributed by atoms with E-state index >= 15 is 0 Å². The number of para-hydroxylation sites is 1. The number of sulfonamides is 1. The molecule has 3 aromatic rings. The summed E-state index contributed by atoms with van der Waals surface area (Å²) in [6.45, 7) is 1.59. The Hall–Kier alpha value is -2.19. The fourth-order valence-electron chi connectivity index (χ4n) is 2.79. The molecule has 0 saturated heterocycles. The van der Waals surface area contributed by atoms with Gasteiger partial charge < -0.3 is 5.32 Å². The van der Waals surface area contributed by atoms with E-state index in [1.807, 2.05) is 31.2 Å². The van der Waals surface area contributed by atoms with Crippen LogP contribution in [-0.2, 0) is 21.4 Å². The maximum Gasteiger partial charge on any atom is 0.243 e. The number of anilines is 1. The summed E-state index contributed by atoms with van der Waals surface area (Å²) in [5, 5.41) is 3.06. The third-order valence-electron chi connectivity index (χ3n) is 4.40. The van der Waals surface area contributed by atoms with E-state index < -0.39 is 15.9 Å². The van der Waals surface area contributed by atoms with Crippen molar-refractivity contribution in [3.63, 3.8) is 0 Å². The molecule has 30 heavy (non-hydrogen) atoms. The minimum atomic E-state index is -3.90. The molecule has 0 radical (unpaired) electrons. The van der Waals surface area contributed by atoms with Crippen LogP contribution in [0.25, 0.3) is 0 Å². The van der Waals surface area contributed by atoms with Crippen LogP contribution >= 0.6 is 27.5 Å². The van der Waals surface area contributed by atoms with E-state index in [1.165, 1.54) is 0 Å². The predicted molar refractivity (Wildman–Crippen MR) is 123 cm³/mol. The van der Waals surface area contributed by atoms with Gasteiger partial charge in [-0.3, -0.25) is 4.79 Å². The van der Waals surface area contributed by atoms with Gasteiger partial charge in [-0.25, -0.2) is 8.42 Å². The number of carbonyl (C=O) groups is 1. The van der Waals surface area contributed by atoms with Crippen molar-refractivity contribution in [1.82, 2.24) is 4.31 Å². The van der Waals surface area contributed by atoms with E-state index in [2.05, 4.69) is 21.2 Å². The van der Waals surface area contributed by atoms with Gasteiger partial charge in [0.05, 0.1) is 22.2 Å². The van der Waals surface area contributed by atoms with Crippen LogP contribution in [0.1, 0.15) is 11.1 Å². The summed E-state index contributed by atoms with van der Waals surface area (Å²) in [6, 6.07) is 20.6. The van der Waals surface area contributed by atoms with E-state index in [0.29, 0.717) is 10.7 Å². The van der Waals surface area contributed by atoms with Crippen molar-refractivity contribution in [2.75, 3.05) is 11.9 Å². The van der Waals surface area contributed by atoms with Crippen molar-refractivity contribution in [2.24, 2.45) is 0 Å². The molecule has 1 N–H and O–H groups in total. The number of nitrogens with zero attached hydrogens (tertiary/aromatic N) is 1. The van der Waals surface area contributed by atoms with Gasteiger partial charge >= 0.3 is 0 Å². The van der Waals surface area contributed by atoms with E-state index in [0.717, 1.165) is 19.9 Å². The average molecular weight is 508 g/mol. The summed E-state index contributed by atoms with van der Waals surface area (Å²) in [4.78, 5) is 12.8. The maximum atomic E-state index is 13.3. The molecule has 0 aliphatic carbocycles. The summed E-state index contributed by atoms with van der Waals surface area (Å²) in [5.41, 5.74) is 2.14. The van der Waals surface area contributed by atoms with Crippen LogP contribution in [0.5, 0.6) is 0 Å². The molecule has 1 amide bonds. The molecule has 156 valence electrons. The molecule has 0 fully saturated rings. The molecule has 0 atom stereocenters. The van der Waals surface area contributed by atoms with Gasteiger partial charge in [-0.05, 0) is 48.9 Å². The Labute approximate surface area is 189 Å². The standard InChI is InChI=1S/C22H20BrClN2O3S/c1-16-6-12-19(13-7-16)30(28,29)26(14-17-8-10-18(23)11-9-17)15-22(27)25-21-5-3-2-4-20(21)24/h2-13H,14-15H2,1H3,(H,25,27). The van der Waals surface area contributed by atoms with Crippen molar-refractivity contribution >= 4 is 49.1 Å². The van der Waals surface area contributed by atoms with E-state index in [-0.39, 0.29) is 18.0 Å². The Kier molecular flexibility index (Phi) is 7.31. The van der Waals surface area contributed by atoms with Crippen molar-refractivity contribution in [2.45, 2.75) is 18.4 Å². The number of hydrogen-bond donors (Lipinski definition) is 1. The number of rotatable bonds is 7. The van der Waals surface area contributed by atoms with Crippen LogP contribution in [0.3, 0.4) is 0 Å². The molecule has 0 heterocycles. The van der Waals surface area contributed by atoms with Crippen molar-refractivity contribution in [3.05, 3.63) is 93.4 Å². The lowest BCUT2D eigenvalue weighted by atomic mass is 10.2. The molecule has 3 rings (SSSR count). The highest BCUT2D eigenvalue weighted by atomic mass is 79.9. The normalized spacial score (nSPS) is 11.5. The van der Waals surface area contributed by atoms with Gasteiger partial charge in [0.2, 0.25) is 15.9 Å². The monoisotopic (exact) mass is 506 g/mol. The summed E-state index contributed by atoms with van der Waals surface area (Å²) in [5.74, 6) is -0.476. The zero-order valence-electron chi connectivity index (χ0n) is 16.2. The fourth-order valence-corrected chi connectivity index (χ4v) is 4.62. The van der Waals surface area contributed by atoms with E-state index in [9.17, 15) is 13.2 Å². The van der Waals surface area contributed by atoms with Crippen LogP contribution in [0, 0.1) is 6.92 Å². The summed E-state index contributed by atoms with van der Waals surface area (Å²) < 4.78 is 28.6. The van der Waals surface area contributed by atoms with Gasteiger partial charge in [-0.15, -0.1) is 0 Å². The molecule has 0 unspecified atom stereocenters. The SMILES string of the molecule is Cc1ccc(S(=O)(=O)N(CC(=O)Nc2ccccc2Cl)Cc2ccc(Br)cc2)cc1. The Morgan fingerprint density at radius 1 is 1.00 bits per heavy atom. The number of halogens is 2. The topological polar surface area (TPSA) is 66.5 Å². The molecule has 0 saturated carbocycles. The largest absolute Gasteiger partial charge is 0.324 e. The first-order valence-electron chi connectivity index (χ1n) is 9.11. The first-order valence-corrected chi connectivity index (χ1v) is 11.7. The first-order chi connectivity index (χ1) is 14.3. The second-order valence-electron chi connectivity index (χ2n) is 6.74. The molecule has 0 aromatic heterocycles. The second kappa shape index (κ2) is 9.75. The van der Waals surface area contributed by atoms with Gasteiger partial charge in [0.15, 0.2) is 0 Å². The van der Waals surface area contributed by atoms with E-state index in [1.54, 1.807) is 48.5 Å². The first kappa shape index (κ1) is 22.5. The predicted octanol–water partition coefficient (Wildman–Crippen LogP) is 5.24. The van der Waals surface area contributed by atoms with Crippen LogP contribution in [0.4, 0.5) is 5.69 Å². The molecule has 0 bridgehead atoms. The highest BCUT2D eigenvalue weighted by Gasteiger charge is 2.27. The van der Waals surface area contributed by atoms with Crippen molar-refractivity contribution < 1.29 is 13.2 Å². The smallest absolute Gasteiger partial charge is 0.243 e. The maximum absolute atomic E-state index is 13.3. The zero-order valence-corrected chi connectivity index (χ0v) is 19.3. The Morgan fingerprint density at radius 3 is 2.27 bits per heavy atom. The number of hydrogen-bond acceptors (Lipinski definition) is 3. The molecule has 3 aromatic carbocycles. The minimum Gasteiger partial charge on any atom is -0.324 e. The van der Waals surface area contributed by atoms with Gasteiger partial charge in [0.25, 0.3) is 0 Å². The highest BCUT2D eigenvalue weighted by Crippen LogP contribution is 2.22. The van der Waals surface area contributed by atoms with E-state index in [4.69, 9.17) is 11.6 Å². The third kappa shape index (κ3) is 5.70. The van der Waals surface area contributed by atoms with Crippen LogP contribution < -0.4 is 5.32 Å². The third-order valence-corrected chi connectivity index (χ3v) is 7.06. The van der Waals surface area contributed by atoms with Crippen LogP contribution in [-0.4, -0.2) is 25.2 Å². The number of aryl methyl sites for hydroxylation is 1. The van der Waals surface area contributed by atoms with Crippen molar-refractivity contribution in [3.8, 4) is 0 Å². The number of amides is 1. The Balaban J connectivity index is 1.88. The minimum absolute atomic E-state index is 0.0550. The molecular weight excluding hydrogens is 488 g/mol. The molecule has 0 aliphatic heterocycles. The highest BCUT2D eigenvalue weighted by molar-refractivity contribution is 9.10. The van der Waals surface area contributed by atoms with Crippen molar-refractivity contribution in [1.29, 1.82) is 0 Å². The quantitative estimate of drug-likeness (QED) is 0.475. The van der Waals surface area contributed by atoms with Crippen LogP contribution in [0.15, 0.2) is 82.2 Å².